The van der Waals surface area contributed by atoms with Gasteiger partial charge in [0.1, 0.15) is 0 Å². The average molecular weight is 433 g/mol. The normalized spacial score (nSPS) is 11.1. The molecule has 7 heteroatoms. The van der Waals surface area contributed by atoms with Gasteiger partial charge in [0, 0.05) is 27.4 Å². The van der Waals surface area contributed by atoms with Gasteiger partial charge < -0.3 is 4.74 Å². The minimum absolute atomic E-state index is 0.161. The highest BCUT2D eigenvalue weighted by atomic mass is 32.1. The number of nitrogens with zero attached hydrogens (tertiary/aromatic N) is 3. The maximum Gasteiger partial charge on any atom is 0.362 e. The molecule has 0 radical (unpaired) electrons. The molecule has 1 aromatic heterocycles. The number of esters is 1. The van der Waals surface area contributed by atoms with E-state index < -0.39 is 13.0 Å². The van der Waals surface area contributed by atoms with E-state index in [1.807, 2.05) is 54.6 Å². The average Bonchev–Trinajstić information content (AvgIpc) is 3.28. The zero-order chi connectivity index (χ0) is 20.8. The Morgan fingerprint density at radius 2 is 1.33 bits per heavy atom. The van der Waals surface area contributed by atoms with E-state index in [9.17, 15) is 4.79 Å². The number of carbonyl (C=O) groups excluding carboxylic acids is 1. The molecular weight excluding hydrogens is 413 g/mol. The maximum atomic E-state index is 12.5. The fourth-order valence-corrected chi connectivity index (χ4v) is 7.61. The van der Waals surface area contributed by atoms with Crippen molar-refractivity contribution in [1.82, 2.24) is 9.59 Å². The molecule has 1 heterocycles. The lowest BCUT2D eigenvalue weighted by Gasteiger charge is -2.26. The zero-order valence-corrected chi connectivity index (χ0v) is 18.1. The number of carbonyl (C=O) groups is 1. The Morgan fingerprint density at radius 1 is 0.867 bits per heavy atom. The van der Waals surface area contributed by atoms with Crippen molar-refractivity contribution in [3.05, 3.63) is 96.7 Å². The number of benzene rings is 3. The molecule has 0 spiro atoms. The Balaban J connectivity index is 2.08. The molecule has 3 aromatic carbocycles. The monoisotopic (exact) mass is 433 g/mol. The van der Waals surface area contributed by atoms with E-state index in [1.54, 1.807) is 6.92 Å². The summed E-state index contributed by atoms with van der Waals surface area (Å²) < 4.78 is 14.4. The second-order valence-corrected chi connectivity index (χ2v) is 10.1. The molecule has 30 heavy (non-hydrogen) atoms. The highest BCUT2D eigenvalue weighted by molar-refractivity contribution is 7.87. The van der Waals surface area contributed by atoms with E-state index in [1.165, 1.54) is 0 Å². The van der Waals surface area contributed by atoms with Crippen LogP contribution in [0.5, 0.6) is 0 Å². The van der Waals surface area contributed by atoms with Gasteiger partial charge in [0.25, 0.3) is 0 Å². The third-order valence-corrected chi connectivity index (χ3v) is 8.96. The van der Waals surface area contributed by atoms with Crippen molar-refractivity contribution in [2.45, 2.75) is 6.92 Å². The zero-order valence-electron chi connectivity index (χ0n) is 16.4. The summed E-state index contributed by atoms with van der Waals surface area (Å²) >= 11 is 1.11. The Morgan fingerprint density at radius 3 is 1.77 bits per heavy atom. The number of ether oxygens (including phenoxy) is 1. The van der Waals surface area contributed by atoms with Crippen LogP contribution in [-0.2, 0) is 4.74 Å². The summed E-state index contributed by atoms with van der Waals surface area (Å²) in [6.07, 6.45) is 0. The predicted octanol–water partition coefficient (Wildman–Crippen LogP) is 4.52. The minimum atomic E-state index is -2.48. The summed E-state index contributed by atoms with van der Waals surface area (Å²) in [7, 11) is -2.48. The van der Waals surface area contributed by atoms with Gasteiger partial charge in [0.2, 0.25) is 5.69 Å². The fraction of sp³-hybridized carbons (Fsp3) is 0.0870. The van der Waals surface area contributed by atoms with Crippen LogP contribution in [0.3, 0.4) is 0 Å². The van der Waals surface area contributed by atoms with Gasteiger partial charge in [-0.1, -0.05) is 95.5 Å². The Labute approximate surface area is 179 Å². The summed E-state index contributed by atoms with van der Waals surface area (Å²) in [5.74, 6) is -0.503. The number of hydrogen-bond acceptors (Lipinski definition) is 6. The first-order valence-corrected chi connectivity index (χ1v) is 12.1. The largest absolute Gasteiger partial charge is 0.461 e. The molecule has 0 bridgehead atoms. The van der Waals surface area contributed by atoms with Crippen molar-refractivity contribution in [3.63, 3.8) is 0 Å². The smallest absolute Gasteiger partial charge is 0.362 e. The van der Waals surface area contributed by atoms with Crippen LogP contribution < -0.4 is 15.9 Å². The van der Waals surface area contributed by atoms with Crippen molar-refractivity contribution in [2.75, 3.05) is 6.61 Å². The van der Waals surface area contributed by atoms with E-state index in [0.29, 0.717) is 5.00 Å². The van der Waals surface area contributed by atoms with Gasteiger partial charge >= 0.3 is 5.97 Å². The van der Waals surface area contributed by atoms with Crippen molar-refractivity contribution < 1.29 is 9.53 Å². The lowest BCUT2D eigenvalue weighted by Crippen LogP contribution is -2.25. The third-order valence-electron chi connectivity index (χ3n) is 4.57. The van der Waals surface area contributed by atoms with Crippen LogP contribution in [0.15, 0.2) is 95.7 Å². The highest BCUT2D eigenvalue weighted by Crippen LogP contribution is 2.50. The van der Waals surface area contributed by atoms with E-state index in [2.05, 4.69) is 46.0 Å². The van der Waals surface area contributed by atoms with Crippen molar-refractivity contribution >= 4 is 45.5 Å². The summed E-state index contributed by atoms with van der Waals surface area (Å²) in [4.78, 5) is 12.5. The lowest BCUT2D eigenvalue weighted by atomic mass is 10.4. The molecule has 5 nitrogen and oxygen atoms in total. The molecule has 0 aliphatic heterocycles. The molecule has 0 fully saturated rings. The first kappa shape index (κ1) is 20.2. The molecule has 0 N–H and O–H groups in total. The van der Waals surface area contributed by atoms with Crippen LogP contribution in [0.4, 0.5) is 5.00 Å². The SMILES string of the molecule is CCOC(=O)c1nnsc1N=P(c1ccccc1)(c1ccccc1)c1ccccc1. The fourth-order valence-electron chi connectivity index (χ4n) is 3.27. The van der Waals surface area contributed by atoms with Gasteiger partial charge in [0.15, 0.2) is 5.00 Å². The third kappa shape index (κ3) is 3.84. The molecule has 150 valence electrons. The maximum absolute atomic E-state index is 12.5. The van der Waals surface area contributed by atoms with Crippen LogP contribution in [0.25, 0.3) is 0 Å². The topological polar surface area (TPSA) is 64.4 Å². The number of hydrogen-bond donors (Lipinski definition) is 0. The van der Waals surface area contributed by atoms with E-state index in [0.717, 1.165) is 27.4 Å². The summed E-state index contributed by atoms with van der Waals surface area (Å²) in [5.41, 5.74) is 0.161. The lowest BCUT2D eigenvalue weighted by molar-refractivity contribution is 0.0520. The van der Waals surface area contributed by atoms with Crippen LogP contribution in [0, 0.1) is 0 Å². The molecule has 4 aromatic rings. The Kier molecular flexibility index (Phi) is 6.17. The second kappa shape index (κ2) is 9.16. The summed E-state index contributed by atoms with van der Waals surface area (Å²) in [6, 6.07) is 30.6. The quantitative estimate of drug-likeness (QED) is 0.331. The Bertz CT molecular complexity index is 1080. The molecule has 0 amide bonds. The molecule has 0 saturated heterocycles. The standard InChI is InChI=1S/C23H20N3O2PS/c1-2-28-23(27)21-22(30-26-24-21)25-29(18-12-6-3-7-13-18,19-14-8-4-9-15-19)20-16-10-5-11-17-20/h3-17H,2H2,1H3. The molecule has 0 atom stereocenters. The van der Waals surface area contributed by atoms with Crippen LogP contribution in [-0.4, -0.2) is 22.2 Å². The summed E-state index contributed by atoms with van der Waals surface area (Å²) in [5, 5.41) is 7.77. The van der Waals surface area contributed by atoms with E-state index in [-0.39, 0.29) is 12.3 Å². The van der Waals surface area contributed by atoms with Gasteiger partial charge in [-0.15, -0.1) is 5.10 Å². The first-order valence-electron chi connectivity index (χ1n) is 9.54. The molecular formula is C23H20N3O2PS. The van der Waals surface area contributed by atoms with E-state index in [4.69, 9.17) is 9.48 Å². The second-order valence-electron chi connectivity index (χ2n) is 6.39. The van der Waals surface area contributed by atoms with Crippen molar-refractivity contribution in [2.24, 2.45) is 4.74 Å². The molecule has 4 rings (SSSR count). The minimum Gasteiger partial charge on any atom is -0.461 e. The summed E-state index contributed by atoms with van der Waals surface area (Å²) in [6.45, 7) is 2.04. The van der Waals surface area contributed by atoms with Gasteiger partial charge in [0.05, 0.1) is 13.7 Å². The molecule has 0 aliphatic carbocycles. The molecule has 0 aliphatic rings. The van der Waals surface area contributed by atoms with Gasteiger partial charge in [-0.3, -0.25) is 0 Å². The highest BCUT2D eigenvalue weighted by Gasteiger charge is 2.29. The molecule has 0 saturated carbocycles. The van der Waals surface area contributed by atoms with Crippen molar-refractivity contribution in [3.8, 4) is 0 Å². The molecule has 0 unspecified atom stereocenters. The van der Waals surface area contributed by atoms with Crippen LogP contribution >= 0.6 is 18.6 Å². The Hall–Kier alpha value is -3.08. The number of rotatable bonds is 6. The van der Waals surface area contributed by atoms with Gasteiger partial charge in [-0.05, 0) is 6.92 Å². The van der Waals surface area contributed by atoms with Crippen LogP contribution in [0.2, 0.25) is 0 Å². The van der Waals surface area contributed by atoms with Gasteiger partial charge in [-0.25, -0.2) is 9.54 Å². The van der Waals surface area contributed by atoms with Gasteiger partial charge in [-0.2, -0.15) is 0 Å². The number of aromatic nitrogens is 2. The predicted molar refractivity (Wildman–Crippen MR) is 123 cm³/mol. The van der Waals surface area contributed by atoms with Crippen molar-refractivity contribution in [1.29, 1.82) is 0 Å². The van der Waals surface area contributed by atoms with Crippen LogP contribution in [0.1, 0.15) is 17.4 Å². The first-order chi connectivity index (χ1) is 14.8. The van der Waals surface area contributed by atoms with E-state index >= 15 is 0 Å².